The Morgan fingerprint density at radius 3 is 2.79 bits per heavy atom. The number of rotatable bonds is 3. The number of carbonyl (C=O) groups is 1. The summed E-state index contributed by atoms with van der Waals surface area (Å²) in [6, 6.07) is 7.40. The lowest BCUT2D eigenvalue weighted by Crippen LogP contribution is -2.38. The second kappa shape index (κ2) is 5.63. The van der Waals surface area contributed by atoms with Crippen molar-refractivity contribution in [2.75, 3.05) is 18.6 Å². The van der Waals surface area contributed by atoms with Crippen LogP contribution in [0.2, 0.25) is 0 Å². The molecule has 1 aromatic rings. The van der Waals surface area contributed by atoms with E-state index in [4.69, 9.17) is 0 Å². The van der Waals surface area contributed by atoms with Gasteiger partial charge in [0.1, 0.15) is 0 Å². The molecular formula is C13H16BrNO3S. The number of carbonyl (C=O) groups excluding carboxylic acids is 1. The predicted octanol–water partition coefficient (Wildman–Crippen LogP) is 1.64. The maximum atomic E-state index is 12.1. The molecule has 104 valence electrons. The van der Waals surface area contributed by atoms with Gasteiger partial charge in [-0.3, -0.25) is 4.79 Å². The first-order chi connectivity index (χ1) is 8.87. The van der Waals surface area contributed by atoms with E-state index in [1.54, 1.807) is 11.9 Å². The number of hydrogen-bond acceptors (Lipinski definition) is 3. The van der Waals surface area contributed by atoms with E-state index >= 15 is 0 Å². The number of likely N-dealkylation sites (N-methyl/N-ethyl adjacent to an activating group) is 1. The molecule has 0 aliphatic carbocycles. The van der Waals surface area contributed by atoms with Crippen molar-refractivity contribution in [1.82, 2.24) is 4.90 Å². The molecule has 1 aliphatic heterocycles. The van der Waals surface area contributed by atoms with Crippen LogP contribution in [0.5, 0.6) is 0 Å². The molecule has 1 fully saturated rings. The molecule has 2 rings (SSSR count). The fourth-order valence-electron chi connectivity index (χ4n) is 2.23. The Balaban J connectivity index is 2.00. The molecule has 0 saturated carbocycles. The highest BCUT2D eigenvalue weighted by Gasteiger charge is 2.32. The lowest BCUT2D eigenvalue weighted by molar-refractivity contribution is -0.130. The number of benzene rings is 1. The smallest absolute Gasteiger partial charge is 0.227 e. The van der Waals surface area contributed by atoms with E-state index in [0.29, 0.717) is 12.8 Å². The highest BCUT2D eigenvalue weighted by atomic mass is 79.9. The van der Waals surface area contributed by atoms with E-state index < -0.39 is 9.84 Å². The van der Waals surface area contributed by atoms with Gasteiger partial charge in [-0.15, -0.1) is 0 Å². The topological polar surface area (TPSA) is 54.5 Å². The molecule has 6 heteroatoms. The average Bonchev–Trinajstić information content (AvgIpc) is 2.68. The Kier molecular flexibility index (Phi) is 4.30. The highest BCUT2D eigenvalue weighted by Crippen LogP contribution is 2.18. The molecule has 1 heterocycles. The monoisotopic (exact) mass is 345 g/mol. The molecule has 0 N–H and O–H groups in total. The van der Waals surface area contributed by atoms with Gasteiger partial charge in [-0.1, -0.05) is 28.1 Å². The largest absolute Gasteiger partial charge is 0.341 e. The zero-order valence-electron chi connectivity index (χ0n) is 10.7. The van der Waals surface area contributed by atoms with Crippen LogP contribution in [0.1, 0.15) is 12.0 Å². The van der Waals surface area contributed by atoms with Crippen LogP contribution >= 0.6 is 15.9 Å². The summed E-state index contributed by atoms with van der Waals surface area (Å²) in [5.74, 6) is 0.236. The quantitative estimate of drug-likeness (QED) is 0.836. The summed E-state index contributed by atoms with van der Waals surface area (Å²) in [7, 11) is -1.27. The van der Waals surface area contributed by atoms with Gasteiger partial charge in [-0.05, 0) is 24.1 Å². The van der Waals surface area contributed by atoms with Gasteiger partial charge in [-0.2, -0.15) is 0 Å². The second-order valence-electron chi connectivity index (χ2n) is 4.87. The Hall–Kier alpha value is -0.880. The normalized spacial score (nSPS) is 21.3. The van der Waals surface area contributed by atoms with Crippen LogP contribution in [-0.2, 0) is 21.1 Å². The Bertz CT molecular complexity index is 585. The predicted molar refractivity (Wildman–Crippen MR) is 77.7 cm³/mol. The molecule has 1 aliphatic rings. The lowest BCUT2D eigenvalue weighted by Gasteiger charge is -2.23. The minimum Gasteiger partial charge on any atom is -0.341 e. The van der Waals surface area contributed by atoms with E-state index in [1.165, 1.54) is 0 Å². The highest BCUT2D eigenvalue weighted by molar-refractivity contribution is 9.10. The average molecular weight is 346 g/mol. The van der Waals surface area contributed by atoms with Gasteiger partial charge in [0.15, 0.2) is 9.84 Å². The van der Waals surface area contributed by atoms with Crippen molar-refractivity contribution in [1.29, 1.82) is 0 Å². The van der Waals surface area contributed by atoms with Gasteiger partial charge in [0.2, 0.25) is 5.91 Å². The molecule has 4 nitrogen and oxygen atoms in total. The van der Waals surface area contributed by atoms with Gasteiger partial charge >= 0.3 is 0 Å². The van der Waals surface area contributed by atoms with Crippen molar-refractivity contribution in [2.24, 2.45) is 0 Å². The summed E-state index contributed by atoms with van der Waals surface area (Å²) in [6.07, 6.45) is 0.843. The van der Waals surface area contributed by atoms with Crippen molar-refractivity contribution < 1.29 is 13.2 Å². The fraction of sp³-hybridized carbons (Fsp3) is 0.462. The molecule has 0 spiro atoms. The molecule has 19 heavy (non-hydrogen) atoms. The van der Waals surface area contributed by atoms with Crippen molar-refractivity contribution >= 4 is 31.7 Å². The first-order valence-electron chi connectivity index (χ1n) is 6.08. The van der Waals surface area contributed by atoms with Gasteiger partial charge in [-0.25, -0.2) is 8.42 Å². The van der Waals surface area contributed by atoms with Gasteiger partial charge in [0.25, 0.3) is 0 Å². The van der Waals surface area contributed by atoms with Crippen LogP contribution in [-0.4, -0.2) is 43.8 Å². The summed E-state index contributed by atoms with van der Waals surface area (Å²) in [5, 5.41) is 0. The minimum absolute atomic E-state index is 0.0415. The molecule has 0 bridgehead atoms. The van der Waals surface area contributed by atoms with Crippen molar-refractivity contribution in [3.63, 3.8) is 0 Å². The maximum absolute atomic E-state index is 12.1. The molecule has 0 radical (unpaired) electrons. The van der Waals surface area contributed by atoms with E-state index in [-0.39, 0.29) is 23.5 Å². The minimum atomic E-state index is -2.95. The van der Waals surface area contributed by atoms with Gasteiger partial charge in [0.05, 0.1) is 17.9 Å². The van der Waals surface area contributed by atoms with Crippen LogP contribution in [0, 0.1) is 0 Å². The molecule has 1 atom stereocenters. The van der Waals surface area contributed by atoms with Gasteiger partial charge in [0, 0.05) is 17.6 Å². The van der Waals surface area contributed by atoms with Crippen molar-refractivity contribution in [3.05, 3.63) is 34.3 Å². The summed E-state index contributed by atoms with van der Waals surface area (Å²) in [4.78, 5) is 13.7. The Labute approximate surface area is 121 Å². The van der Waals surface area contributed by atoms with E-state index in [1.807, 2.05) is 24.3 Å². The molecule has 1 saturated heterocycles. The third-order valence-electron chi connectivity index (χ3n) is 3.39. The third-order valence-corrected chi connectivity index (χ3v) is 5.64. The second-order valence-corrected chi connectivity index (χ2v) is 8.01. The van der Waals surface area contributed by atoms with Crippen molar-refractivity contribution in [3.8, 4) is 0 Å². The molecular weight excluding hydrogens is 330 g/mol. The first kappa shape index (κ1) is 14.5. The Morgan fingerprint density at radius 1 is 1.47 bits per heavy atom. The zero-order valence-corrected chi connectivity index (χ0v) is 13.1. The molecule has 1 unspecified atom stereocenters. The van der Waals surface area contributed by atoms with Crippen LogP contribution in [0.25, 0.3) is 0 Å². The van der Waals surface area contributed by atoms with Crippen LogP contribution < -0.4 is 0 Å². The van der Waals surface area contributed by atoms with E-state index in [9.17, 15) is 13.2 Å². The Morgan fingerprint density at radius 2 is 2.21 bits per heavy atom. The fourth-order valence-corrected chi connectivity index (χ4v) is 4.45. The lowest BCUT2D eigenvalue weighted by atomic mass is 10.1. The maximum Gasteiger partial charge on any atom is 0.227 e. The SMILES string of the molecule is CN(C(=O)Cc1cccc(Br)c1)C1CCS(=O)(=O)C1. The first-order valence-corrected chi connectivity index (χ1v) is 8.69. The number of amides is 1. The standard InChI is InChI=1S/C13H16BrNO3S/c1-15(12-5-6-19(17,18)9-12)13(16)8-10-3-2-4-11(14)7-10/h2-4,7,12H,5-6,8-9H2,1H3. The van der Waals surface area contributed by atoms with E-state index in [0.717, 1.165) is 10.0 Å². The third kappa shape index (κ3) is 3.79. The van der Waals surface area contributed by atoms with Crippen LogP contribution in [0.4, 0.5) is 0 Å². The van der Waals surface area contributed by atoms with Crippen molar-refractivity contribution in [2.45, 2.75) is 18.9 Å². The van der Waals surface area contributed by atoms with Gasteiger partial charge < -0.3 is 4.90 Å². The number of halogens is 1. The summed E-state index contributed by atoms with van der Waals surface area (Å²) in [5.41, 5.74) is 0.923. The zero-order chi connectivity index (χ0) is 14.0. The van der Waals surface area contributed by atoms with Crippen LogP contribution in [0.3, 0.4) is 0 Å². The summed E-state index contributed by atoms with van der Waals surface area (Å²) >= 11 is 3.37. The summed E-state index contributed by atoms with van der Waals surface area (Å²) < 4.78 is 23.8. The number of hydrogen-bond donors (Lipinski definition) is 0. The van der Waals surface area contributed by atoms with Crippen LogP contribution in [0.15, 0.2) is 28.7 Å². The number of nitrogens with zero attached hydrogens (tertiary/aromatic N) is 1. The summed E-state index contributed by atoms with van der Waals surface area (Å²) in [6.45, 7) is 0. The molecule has 1 amide bonds. The number of sulfone groups is 1. The molecule has 0 aromatic heterocycles. The van der Waals surface area contributed by atoms with E-state index in [2.05, 4.69) is 15.9 Å². The molecule has 1 aromatic carbocycles.